The van der Waals surface area contributed by atoms with Gasteiger partial charge >= 0.3 is 0 Å². The highest BCUT2D eigenvalue weighted by Gasteiger charge is 2.53. The molecule has 0 radical (unpaired) electrons. The van der Waals surface area contributed by atoms with E-state index in [1.807, 2.05) is 37.3 Å². The van der Waals surface area contributed by atoms with E-state index in [1.165, 1.54) is 10.5 Å². The van der Waals surface area contributed by atoms with E-state index < -0.39 is 22.1 Å². The van der Waals surface area contributed by atoms with Gasteiger partial charge in [0.05, 0.1) is 18.3 Å². The average Bonchev–Trinajstić information content (AvgIpc) is 3.56. The molecule has 0 aliphatic carbocycles. The number of carbonyl (C=O) groups excluding carboxylic acids is 3. The van der Waals surface area contributed by atoms with E-state index in [0.29, 0.717) is 48.6 Å². The minimum absolute atomic E-state index is 0.0413. The lowest BCUT2D eigenvalue weighted by atomic mass is 10.0. The van der Waals surface area contributed by atoms with Crippen LogP contribution in [-0.2, 0) is 25.4 Å². The van der Waals surface area contributed by atoms with Crippen LogP contribution >= 0.6 is 0 Å². The van der Waals surface area contributed by atoms with Crippen molar-refractivity contribution >= 4 is 27.6 Å². The van der Waals surface area contributed by atoms with Gasteiger partial charge in [-0.2, -0.15) is 4.31 Å². The van der Waals surface area contributed by atoms with Gasteiger partial charge in [-0.3, -0.25) is 19.4 Å². The molecule has 42 heavy (non-hydrogen) atoms. The van der Waals surface area contributed by atoms with Crippen molar-refractivity contribution in [2.24, 2.45) is 5.92 Å². The second kappa shape index (κ2) is 12.8. The Bertz CT molecular complexity index is 1520. The van der Waals surface area contributed by atoms with E-state index in [-0.39, 0.29) is 42.2 Å². The van der Waals surface area contributed by atoms with Crippen molar-refractivity contribution in [2.75, 3.05) is 19.6 Å². The number of para-hydroxylation sites is 1. The molecule has 2 aliphatic rings. The van der Waals surface area contributed by atoms with Gasteiger partial charge in [-0.15, -0.1) is 0 Å². The molecule has 220 valence electrons. The van der Waals surface area contributed by atoms with Crippen LogP contribution in [0, 0.1) is 5.92 Å². The van der Waals surface area contributed by atoms with E-state index in [2.05, 4.69) is 10.3 Å². The summed E-state index contributed by atoms with van der Waals surface area (Å²) in [6.07, 6.45) is 4.28. The number of ketones is 1. The van der Waals surface area contributed by atoms with Crippen LogP contribution in [-0.4, -0.2) is 71.9 Å². The Kier molecular flexibility index (Phi) is 8.98. The standard InChI is InChI=1S/C31H34N4O6S/c1-22(13-16-33-31(38)24-9-11-26(12-10-24)41-25-7-3-2-4-8-25)18-29(37)34-17-14-27-30(34)28(36)20-35(27)42(39,40)21-23-6-5-15-32-19-23/h2-12,15,19,22,27,30H,13-14,16-18,20-21H2,1H3,(H,33,38). The van der Waals surface area contributed by atoms with Crippen molar-refractivity contribution in [2.45, 2.75) is 44.0 Å². The van der Waals surface area contributed by atoms with Crippen LogP contribution in [0.3, 0.4) is 0 Å². The molecule has 2 saturated heterocycles. The van der Waals surface area contributed by atoms with Gasteiger partial charge < -0.3 is 15.0 Å². The Balaban J connectivity index is 1.08. The topological polar surface area (TPSA) is 126 Å². The summed E-state index contributed by atoms with van der Waals surface area (Å²) < 4.78 is 33.3. The molecule has 11 heteroatoms. The number of benzene rings is 2. The molecule has 2 aliphatic heterocycles. The molecule has 1 N–H and O–H groups in total. The van der Waals surface area contributed by atoms with E-state index in [9.17, 15) is 22.8 Å². The zero-order valence-electron chi connectivity index (χ0n) is 23.4. The molecular formula is C31H34N4O6S. The SMILES string of the molecule is CC(CCNC(=O)c1ccc(Oc2ccccc2)cc1)CC(=O)N1CCC2C1C(=O)CN2S(=O)(=O)Cc1cccnc1. The molecule has 2 aromatic carbocycles. The van der Waals surface area contributed by atoms with Gasteiger partial charge in [-0.1, -0.05) is 31.2 Å². The molecule has 1 aromatic heterocycles. The van der Waals surface area contributed by atoms with Gasteiger partial charge in [0.15, 0.2) is 5.78 Å². The lowest BCUT2D eigenvalue weighted by molar-refractivity contribution is -0.137. The number of Topliss-reactive ketones (excluding diaryl/α,β-unsaturated/α-hetero) is 1. The highest BCUT2D eigenvalue weighted by molar-refractivity contribution is 7.88. The lowest BCUT2D eigenvalue weighted by Gasteiger charge is -2.25. The molecule has 3 unspecified atom stereocenters. The van der Waals surface area contributed by atoms with Crippen molar-refractivity contribution in [3.63, 3.8) is 0 Å². The maximum absolute atomic E-state index is 13.2. The van der Waals surface area contributed by atoms with E-state index in [0.717, 1.165) is 0 Å². The molecule has 3 atom stereocenters. The maximum Gasteiger partial charge on any atom is 0.251 e. The fraction of sp³-hybridized carbons (Fsp3) is 0.355. The van der Waals surface area contributed by atoms with Gasteiger partial charge in [0.1, 0.15) is 17.5 Å². The number of pyridine rings is 1. The zero-order chi connectivity index (χ0) is 29.7. The van der Waals surface area contributed by atoms with Crippen LogP contribution in [0.25, 0.3) is 0 Å². The number of ether oxygens (including phenoxy) is 1. The molecule has 2 amide bonds. The zero-order valence-corrected chi connectivity index (χ0v) is 24.2. The third-order valence-corrected chi connectivity index (χ3v) is 9.48. The van der Waals surface area contributed by atoms with Crippen LogP contribution in [0.15, 0.2) is 79.1 Å². The number of hydrogen-bond acceptors (Lipinski definition) is 7. The summed E-state index contributed by atoms with van der Waals surface area (Å²) in [5.41, 5.74) is 1.05. The Hall–Kier alpha value is -4.09. The fourth-order valence-corrected chi connectivity index (χ4v) is 7.26. The van der Waals surface area contributed by atoms with Crippen LogP contribution < -0.4 is 10.1 Å². The lowest BCUT2D eigenvalue weighted by Crippen LogP contribution is -2.44. The molecule has 2 fully saturated rings. The number of hydrogen-bond donors (Lipinski definition) is 1. The Morgan fingerprint density at radius 1 is 1.05 bits per heavy atom. The third kappa shape index (κ3) is 6.85. The number of rotatable bonds is 11. The highest BCUT2D eigenvalue weighted by atomic mass is 32.2. The van der Waals surface area contributed by atoms with Crippen molar-refractivity contribution < 1.29 is 27.5 Å². The first kappa shape index (κ1) is 29.4. The number of amides is 2. The molecule has 0 spiro atoms. The Morgan fingerprint density at radius 2 is 1.79 bits per heavy atom. The number of nitrogens with zero attached hydrogens (tertiary/aromatic N) is 3. The number of likely N-dealkylation sites (tertiary alicyclic amines) is 1. The van der Waals surface area contributed by atoms with E-state index >= 15 is 0 Å². The van der Waals surface area contributed by atoms with Gasteiger partial charge in [0, 0.05) is 37.5 Å². The second-order valence-corrected chi connectivity index (χ2v) is 12.7. The van der Waals surface area contributed by atoms with Crippen LogP contribution in [0.4, 0.5) is 0 Å². The normalized spacial score (nSPS) is 19.4. The quantitative estimate of drug-likeness (QED) is 0.363. The molecule has 3 aromatic rings. The summed E-state index contributed by atoms with van der Waals surface area (Å²) in [4.78, 5) is 44.2. The monoisotopic (exact) mass is 590 g/mol. The predicted molar refractivity (Wildman–Crippen MR) is 156 cm³/mol. The Labute approximate surface area is 245 Å². The smallest absolute Gasteiger partial charge is 0.251 e. The molecule has 0 bridgehead atoms. The largest absolute Gasteiger partial charge is 0.457 e. The average molecular weight is 591 g/mol. The summed E-state index contributed by atoms with van der Waals surface area (Å²) >= 11 is 0. The summed E-state index contributed by atoms with van der Waals surface area (Å²) in [6.45, 7) is 2.43. The van der Waals surface area contributed by atoms with Gasteiger partial charge in [-0.05, 0) is 66.8 Å². The summed E-state index contributed by atoms with van der Waals surface area (Å²) in [5.74, 6) is 0.425. The van der Waals surface area contributed by atoms with E-state index in [1.54, 1.807) is 47.5 Å². The number of nitrogens with one attached hydrogen (secondary N) is 1. The van der Waals surface area contributed by atoms with E-state index in [4.69, 9.17) is 4.74 Å². The number of carbonyl (C=O) groups is 3. The van der Waals surface area contributed by atoms with Gasteiger partial charge in [0.25, 0.3) is 5.91 Å². The van der Waals surface area contributed by atoms with Crippen LogP contribution in [0.2, 0.25) is 0 Å². The molecule has 5 rings (SSSR count). The van der Waals surface area contributed by atoms with Crippen molar-refractivity contribution in [3.05, 3.63) is 90.3 Å². The summed E-state index contributed by atoms with van der Waals surface area (Å²) in [6, 6.07) is 18.3. The first-order valence-corrected chi connectivity index (χ1v) is 15.6. The maximum atomic E-state index is 13.2. The highest BCUT2D eigenvalue weighted by Crippen LogP contribution is 2.33. The minimum atomic E-state index is -3.74. The minimum Gasteiger partial charge on any atom is -0.457 e. The fourth-order valence-electron chi connectivity index (χ4n) is 5.54. The second-order valence-electron chi connectivity index (χ2n) is 10.8. The van der Waals surface area contributed by atoms with Crippen molar-refractivity contribution in [1.82, 2.24) is 19.5 Å². The van der Waals surface area contributed by atoms with Crippen molar-refractivity contribution in [1.29, 1.82) is 0 Å². The first-order valence-electron chi connectivity index (χ1n) is 14.0. The Morgan fingerprint density at radius 3 is 2.50 bits per heavy atom. The van der Waals surface area contributed by atoms with Gasteiger partial charge in [0.2, 0.25) is 15.9 Å². The molecular weight excluding hydrogens is 556 g/mol. The van der Waals surface area contributed by atoms with Crippen molar-refractivity contribution in [3.8, 4) is 11.5 Å². The van der Waals surface area contributed by atoms with Crippen LogP contribution in [0.5, 0.6) is 11.5 Å². The third-order valence-electron chi connectivity index (χ3n) is 7.67. The van der Waals surface area contributed by atoms with Gasteiger partial charge in [-0.25, -0.2) is 8.42 Å². The molecule has 10 nitrogen and oxygen atoms in total. The first-order chi connectivity index (χ1) is 20.2. The van der Waals surface area contributed by atoms with Crippen LogP contribution in [0.1, 0.15) is 42.1 Å². The summed E-state index contributed by atoms with van der Waals surface area (Å²) in [7, 11) is -3.74. The molecule has 0 saturated carbocycles. The predicted octanol–water partition coefficient (Wildman–Crippen LogP) is 3.40. The number of aromatic nitrogens is 1. The summed E-state index contributed by atoms with van der Waals surface area (Å²) in [5, 5.41) is 2.89. The molecule has 3 heterocycles. The number of fused-ring (bicyclic) bond motifs is 1. The number of sulfonamides is 1.